The molecule has 0 amide bonds. The van der Waals surface area contributed by atoms with E-state index in [-0.39, 0.29) is 35.9 Å². The molecule has 0 saturated heterocycles. The monoisotopic (exact) mass is 554 g/mol. The van der Waals surface area contributed by atoms with E-state index in [0.717, 1.165) is 11.3 Å². The van der Waals surface area contributed by atoms with Gasteiger partial charge in [0, 0.05) is 18.2 Å². The molecule has 0 aliphatic carbocycles. The Morgan fingerprint density at radius 3 is 2.62 bits per heavy atom. The number of rotatable bonds is 9. The molecule has 1 unspecified atom stereocenters. The number of ether oxygens (including phenoxy) is 2. The van der Waals surface area contributed by atoms with E-state index < -0.39 is 0 Å². The highest BCUT2D eigenvalue weighted by molar-refractivity contribution is 14.0. The summed E-state index contributed by atoms with van der Waals surface area (Å²) in [5, 5.41) is 13.6. The zero-order valence-electron chi connectivity index (χ0n) is 18.3. The topological polar surface area (TPSA) is 96.5 Å². The fourth-order valence-electron chi connectivity index (χ4n) is 2.79. The smallest absolute Gasteiger partial charge is 0.191 e. The lowest BCUT2D eigenvalue weighted by molar-refractivity contribution is 0.223. The largest absolute Gasteiger partial charge is 0.497 e. The van der Waals surface area contributed by atoms with Crippen molar-refractivity contribution in [3.63, 3.8) is 0 Å². The van der Waals surface area contributed by atoms with Crippen molar-refractivity contribution in [2.75, 3.05) is 20.2 Å². The summed E-state index contributed by atoms with van der Waals surface area (Å²) in [5.74, 6) is 2.81. The molecule has 3 rings (SSSR count). The fraction of sp³-hybridized carbons (Fsp3) is 0.318. The van der Waals surface area contributed by atoms with Crippen LogP contribution in [0.25, 0.3) is 11.4 Å². The number of nitrogens with zero attached hydrogens (tertiary/aromatic N) is 3. The average Bonchev–Trinajstić information content (AvgIpc) is 3.25. The van der Waals surface area contributed by atoms with Crippen LogP contribution in [0.1, 0.15) is 19.7 Å². The van der Waals surface area contributed by atoms with Crippen molar-refractivity contribution in [3.05, 3.63) is 60.2 Å². The normalized spacial score (nSPS) is 11.9. The van der Waals surface area contributed by atoms with Gasteiger partial charge in [-0.2, -0.15) is 5.10 Å². The van der Waals surface area contributed by atoms with Gasteiger partial charge in [0.25, 0.3) is 0 Å². The molecule has 0 bridgehead atoms. The van der Waals surface area contributed by atoms with E-state index >= 15 is 0 Å². The van der Waals surface area contributed by atoms with Crippen LogP contribution >= 0.6 is 24.0 Å². The third-order valence-corrected chi connectivity index (χ3v) is 4.30. The summed E-state index contributed by atoms with van der Waals surface area (Å²) >= 11 is 0. The minimum absolute atomic E-state index is 0. The molecule has 3 N–H and O–H groups in total. The van der Waals surface area contributed by atoms with Crippen LogP contribution in [0.15, 0.2) is 53.5 Å². The Morgan fingerprint density at radius 2 is 1.94 bits per heavy atom. The number of benzene rings is 2. The minimum atomic E-state index is -0.325. The Hall–Kier alpha value is -2.89. The van der Waals surface area contributed by atoms with Gasteiger partial charge < -0.3 is 20.1 Å². The summed E-state index contributed by atoms with van der Waals surface area (Å²) in [4.78, 5) is 9.03. The van der Waals surface area contributed by atoms with Gasteiger partial charge in [0.2, 0.25) is 0 Å². The maximum absolute atomic E-state index is 13.3. The van der Waals surface area contributed by atoms with Gasteiger partial charge in [-0.25, -0.2) is 14.4 Å². The van der Waals surface area contributed by atoms with Crippen molar-refractivity contribution in [2.24, 2.45) is 4.99 Å². The fourth-order valence-corrected chi connectivity index (χ4v) is 2.79. The first-order valence-corrected chi connectivity index (χ1v) is 10.1. The van der Waals surface area contributed by atoms with Gasteiger partial charge in [0.05, 0.1) is 13.7 Å². The molecule has 0 aliphatic rings. The number of halogens is 2. The first-order chi connectivity index (χ1) is 15.1. The summed E-state index contributed by atoms with van der Waals surface area (Å²) < 4.78 is 24.2. The number of nitrogens with one attached hydrogen (secondary N) is 3. The maximum atomic E-state index is 13.3. The molecule has 0 radical (unpaired) electrons. The van der Waals surface area contributed by atoms with E-state index in [4.69, 9.17) is 9.47 Å². The Labute approximate surface area is 204 Å². The van der Waals surface area contributed by atoms with Crippen LogP contribution in [0, 0.1) is 5.82 Å². The highest BCUT2D eigenvalue weighted by Gasteiger charge is 2.08. The summed E-state index contributed by atoms with van der Waals surface area (Å²) in [6.07, 6.45) is -0.183. The Bertz CT molecular complexity index is 996. The quantitative estimate of drug-likeness (QED) is 0.212. The number of hydrogen-bond acceptors (Lipinski definition) is 5. The molecule has 0 saturated carbocycles. The molecule has 2 aromatic carbocycles. The van der Waals surface area contributed by atoms with Gasteiger partial charge in [-0.3, -0.25) is 5.10 Å². The van der Waals surface area contributed by atoms with Gasteiger partial charge in [-0.15, -0.1) is 24.0 Å². The second-order valence-corrected chi connectivity index (χ2v) is 6.80. The molecule has 0 fully saturated rings. The van der Waals surface area contributed by atoms with Crippen LogP contribution in [0.4, 0.5) is 4.39 Å². The van der Waals surface area contributed by atoms with Gasteiger partial charge in [0.1, 0.15) is 35.8 Å². The Balaban J connectivity index is 0.00000363. The third-order valence-electron chi connectivity index (χ3n) is 4.30. The molecule has 8 nitrogen and oxygen atoms in total. The number of hydrogen-bond donors (Lipinski definition) is 3. The molecule has 3 aromatic rings. The van der Waals surface area contributed by atoms with E-state index in [2.05, 4.69) is 30.8 Å². The number of guanidine groups is 1. The van der Waals surface area contributed by atoms with Crippen molar-refractivity contribution in [2.45, 2.75) is 26.5 Å². The lowest BCUT2D eigenvalue weighted by Gasteiger charge is -2.17. The van der Waals surface area contributed by atoms with E-state index in [1.807, 2.05) is 38.1 Å². The van der Waals surface area contributed by atoms with Crippen LogP contribution in [0.2, 0.25) is 0 Å². The highest BCUT2D eigenvalue weighted by Crippen LogP contribution is 2.19. The molecule has 1 atom stereocenters. The van der Waals surface area contributed by atoms with Crippen LogP contribution in [-0.4, -0.2) is 47.4 Å². The number of aromatic nitrogens is 3. The molecule has 32 heavy (non-hydrogen) atoms. The van der Waals surface area contributed by atoms with Gasteiger partial charge >= 0.3 is 0 Å². The van der Waals surface area contributed by atoms with Crippen LogP contribution in [0.5, 0.6) is 11.5 Å². The third kappa shape index (κ3) is 7.66. The zero-order chi connectivity index (χ0) is 22.1. The van der Waals surface area contributed by atoms with Gasteiger partial charge in [-0.05, 0) is 50.2 Å². The van der Waals surface area contributed by atoms with E-state index in [1.165, 1.54) is 12.1 Å². The molecule has 0 spiro atoms. The van der Waals surface area contributed by atoms with Crippen molar-refractivity contribution in [1.82, 2.24) is 25.8 Å². The predicted octanol–water partition coefficient (Wildman–Crippen LogP) is 3.76. The molecular formula is C22H28FIN6O2. The number of aromatic amines is 1. The lowest BCUT2D eigenvalue weighted by atomic mass is 10.2. The Kier molecular flexibility index (Phi) is 10.2. The maximum Gasteiger partial charge on any atom is 0.191 e. The van der Waals surface area contributed by atoms with E-state index in [9.17, 15) is 4.39 Å². The second-order valence-electron chi connectivity index (χ2n) is 6.80. The molecule has 1 aromatic heterocycles. The summed E-state index contributed by atoms with van der Waals surface area (Å²) in [6, 6.07) is 13.6. The first-order valence-electron chi connectivity index (χ1n) is 10.1. The SMILES string of the molecule is CCNC(=NCc1nc(-c2ccc(OC)cc2)n[nH]1)NCC(C)Oc1cccc(F)c1.I. The molecule has 0 aliphatic heterocycles. The van der Waals surface area contributed by atoms with Crippen molar-refractivity contribution in [3.8, 4) is 22.9 Å². The lowest BCUT2D eigenvalue weighted by Crippen LogP contribution is -2.41. The number of aliphatic imine (C=N–C) groups is 1. The molecular weight excluding hydrogens is 526 g/mol. The van der Waals surface area contributed by atoms with E-state index in [1.54, 1.807) is 19.2 Å². The van der Waals surface area contributed by atoms with Crippen molar-refractivity contribution < 1.29 is 13.9 Å². The average molecular weight is 554 g/mol. The van der Waals surface area contributed by atoms with Crippen LogP contribution in [0.3, 0.4) is 0 Å². The second kappa shape index (κ2) is 12.8. The van der Waals surface area contributed by atoms with Crippen molar-refractivity contribution >= 4 is 29.9 Å². The minimum Gasteiger partial charge on any atom is -0.497 e. The van der Waals surface area contributed by atoms with E-state index in [0.29, 0.717) is 43.0 Å². The number of methoxy groups -OCH3 is 1. The summed E-state index contributed by atoms with van der Waals surface area (Å²) in [7, 11) is 1.63. The van der Waals surface area contributed by atoms with Crippen LogP contribution in [-0.2, 0) is 6.54 Å². The molecule has 172 valence electrons. The van der Waals surface area contributed by atoms with Gasteiger partial charge in [-0.1, -0.05) is 6.07 Å². The number of H-pyrrole nitrogens is 1. The Morgan fingerprint density at radius 1 is 1.16 bits per heavy atom. The first kappa shape index (κ1) is 25.4. The molecule has 10 heteroatoms. The highest BCUT2D eigenvalue weighted by atomic mass is 127. The molecule has 1 heterocycles. The summed E-state index contributed by atoms with van der Waals surface area (Å²) in [5.41, 5.74) is 0.889. The predicted molar refractivity (Wildman–Crippen MR) is 133 cm³/mol. The summed E-state index contributed by atoms with van der Waals surface area (Å²) in [6.45, 7) is 5.42. The van der Waals surface area contributed by atoms with Crippen molar-refractivity contribution in [1.29, 1.82) is 0 Å². The van der Waals surface area contributed by atoms with Crippen LogP contribution < -0.4 is 20.1 Å². The standard InChI is InChI=1S/C22H27FN6O2.HI/c1-4-24-22(25-13-15(2)31-19-7-5-6-17(23)12-19)26-14-20-27-21(29-28-20)16-8-10-18(30-3)11-9-16;/h5-12,15H,4,13-14H2,1-3H3,(H2,24,25,26)(H,27,28,29);1H. The zero-order valence-corrected chi connectivity index (χ0v) is 20.6. The van der Waals surface area contributed by atoms with Gasteiger partial charge in [0.15, 0.2) is 11.8 Å².